The lowest BCUT2D eigenvalue weighted by Crippen LogP contribution is -2.55. The van der Waals surface area contributed by atoms with E-state index in [-0.39, 0.29) is 11.8 Å². The summed E-state index contributed by atoms with van der Waals surface area (Å²) in [5.41, 5.74) is 1.33. The molecule has 2 amide bonds. The predicted octanol–water partition coefficient (Wildman–Crippen LogP) is 3.63. The number of ether oxygens (including phenoxy) is 1. The van der Waals surface area contributed by atoms with Gasteiger partial charge in [-0.25, -0.2) is 4.39 Å². The molecule has 1 atom stereocenters. The van der Waals surface area contributed by atoms with Gasteiger partial charge in [0.05, 0.1) is 18.5 Å². The van der Waals surface area contributed by atoms with Crippen molar-refractivity contribution in [2.24, 2.45) is 0 Å². The lowest BCUT2D eigenvalue weighted by molar-refractivity contribution is -0.120. The zero-order valence-electron chi connectivity index (χ0n) is 15.0. The van der Waals surface area contributed by atoms with E-state index >= 15 is 0 Å². The highest BCUT2D eigenvalue weighted by Gasteiger charge is 2.40. The molecule has 0 N–H and O–H groups in total. The predicted molar refractivity (Wildman–Crippen MR) is 98.3 cm³/mol. The van der Waals surface area contributed by atoms with E-state index in [9.17, 15) is 14.0 Å². The number of carbonyl (C=O) groups excluding carboxylic acids is 2. The molecular weight excluding hydrogens is 335 g/mol. The fourth-order valence-corrected chi connectivity index (χ4v) is 3.32. The van der Waals surface area contributed by atoms with Crippen LogP contribution in [-0.2, 0) is 4.79 Å². The first-order chi connectivity index (χ1) is 12.5. The molecule has 5 nitrogen and oxygen atoms in total. The molecule has 0 saturated heterocycles. The highest BCUT2D eigenvalue weighted by Crippen LogP contribution is 2.38. The Balaban J connectivity index is 2.15. The molecule has 0 aromatic heterocycles. The van der Waals surface area contributed by atoms with E-state index in [1.165, 1.54) is 24.1 Å². The van der Waals surface area contributed by atoms with Crippen LogP contribution in [0.25, 0.3) is 0 Å². The van der Waals surface area contributed by atoms with Gasteiger partial charge in [-0.15, -0.1) is 0 Å². The van der Waals surface area contributed by atoms with Crippen molar-refractivity contribution in [1.82, 2.24) is 0 Å². The average molecular weight is 356 g/mol. The van der Waals surface area contributed by atoms with Crippen molar-refractivity contribution in [3.05, 3.63) is 53.8 Å². The van der Waals surface area contributed by atoms with E-state index in [2.05, 4.69) is 0 Å². The van der Waals surface area contributed by atoms with Gasteiger partial charge >= 0.3 is 0 Å². The van der Waals surface area contributed by atoms with Crippen molar-refractivity contribution in [2.45, 2.75) is 26.3 Å². The van der Waals surface area contributed by atoms with Crippen LogP contribution in [0.3, 0.4) is 0 Å². The van der Waals surface area contributed by atoms with E-state index in [4.69, 9.17) is 4.74 Å². The van der Waals surface area contributed by atoms with Gasteiger partial charge in [-0.2, -0.15) is 0 Å². The van der Waals surface area contributed by atoms with Gasteiger partial charge in [0, 0.05) is 12.1 Å². The minimum atomic E-state index is -0.678. The van der Waals surface area contributed by atoms with E-state index < -0.39 is 11.9 Å². The SMILES string of the molecule is CC[C@@H]1C(=O)N(CC)c2ccc(F)cc2N1C(=O)c1cccc(OC)c1. The Morgan fingerprint density at radius 1 is 1.15 bits per heavy atom. The smallest absolute Gasteiger partial charge is 0.259 e. The van der Waals surface area contributed by atoms with Gasteiger partial charge in [0.2, 0.25) is 5.91 Å². The maximum absolute atomic E-state index is 14.0. The third kappa shape index (κ3) is 2.92. The minimum Gasteiger partial charge on any atom is -0.497 e. The minimum absolute atomic E-state index is 0.162. The molecule has 6 heteroatoms. The molecule has 0 saturated carbocycles. The summed E-state index contributed by atoms with van der Waals surface area (Å²) in [4.78, 5) is 29.1. The monoisotopic (exact) mass is 356 g/mol. The summed E-state index contributed by atoms with van der Waals surface area (Å²) in [6.07, 6.45) is 0.432. The first kappa shape index (κ1) is 17.9. The number of methoxy groups -OCH3 is 1. The van der Waals surface area contributed by atoms with Gasteiger partial charge in [0.25, 0.3) is 5.91 Å². The first-order valence-electron chi connectivity index (χ1n) is 8.60. The van der Waals surface area contributed by atoms with Crippen LogP contribution in [0, 0.1) is 5.82 Å². The van der Waals surface area contributed by atoms with E-state index in [0.29, 0.717) is 35.7 Å². The Bertz CT molecular complexity index is 853. The van der Waals surface area contributed by atoms with Crippen molar-refractivity contribution in [1.29, 1.82) is 0 Å². The van der Waals surface area contributed by atoms with Crippen molar-refractivity contribution >= 4 is 23.2 Å². The molecule has 1 heterocycles. The molecule has 1 aliphatic rings. The second-order valence-corrected chi connectivity index (χ2v) is 6.05. The van der Waals surface area contributed by atoms with E-state index in [1.807, 2.05) is 13.8 Å². The van der Waals surface area contributed by atoms with Gasteiger partial charge in [0.15, 0.2) is 0 Å². The number of benzene rings is 2. The van der Waals surface area contributed by atoms with Crippen LogP contribution in [0.15, 0.2) is 42.5 Å². The van der Waals surface area contributed by atoms with E-state index in [1.54, 1.807) is 35.2 Å². The van der Waals surface area contributed by atoms with E-state index in [0.717, 1.165) is 0 Å². The fourth-order valence-electron chi connectivity index (χ4n) is 3.32. The normalized spacial score (nSPS) is 16.5. The van der Waals surface area contributed by atoms with Crippen LogP contribution in [0.5, 0.6) is 5.75 Å². The van der Waals surface area contributed by atoms with Crippen LogP contribution >= 0.6 is 0 Å². The number of amides is 2. The molecule has 26 heavy (non-hydrogen) atoms. The van der Waals surface area contributed by atoms with Gasteiger partial charge in [-0.3, -0.25) is 14.5 Å². The standard InChI is InChI=1S/C20H21FN2O3/c1-4-16-20(25)22(5-2)17-10-9-14(21)12-18(17)23(16)19(24)13-7-6-8-15(11-13)26-3/h6-12,16H,4-5H2,1-3H3/t16-/m1/s1. The number of nitrogens with zero attached hydrogens (tertiary/aromatic N) is 2. The Labute approximate surface area is 152 Å². The van der Waals surface area contributed by atoms with Gasteiger partial charge in [-0.1, -0.05) is 13.0 Å². The molecule has 0 aliphatic carbocycles. The van der Waals surface area contributed by atoms with Crippen LogP contribution in [-0.4, -0.2) is 31.5 Å². The Kier molecular flexibility index (Phi) is 4.93. The van der Waals surface area contributed by atoms with Crippen molar-refractivity contribution in [2.75, 3.05) is 23.5 Å². The molecule has 2 aromatic carbocycles. The molecule has 3 rings (SSSR count). The number of carbonyl (C=O) groups is 2. The summed E-state index contributed by atoms with van der Waals surface area (Å²) < 4.78 is 19.1. The lowest BCUT2D eigenvalue weighted by Gasteiger charge is -2.41. The van der Waals surface area contributed by atoms with Gasteiger partial charge in [-0.05, 0) is 49.7 Å². The molecule has 0 radical (unpaired) electrons. The Morgan fingerprint density at radius 3 is 2.58 bits per heavy atom. The van der Waals surface area contributed by atoms with Crippen LogP contribution in [0.4, 0.5) is 15.8 Å². The number of likely N-dealkylation sites (N-methyl/N-ethyl adjacent to an activating group) is 1. The van der Waals surface area contributed by atoms with Gasteiger partial charge in [0.1, 0.15) is 17.6 Å². The third-order valence-electron chi connectivity index (χ3n) is 4.59. The number of halogens is 1. The number of fused-ring (bicyclic) bond motifs is 1. The van der Waals surface area contributed by atoms with Crippen LogP contribution in [0.1, 0.15) is 30.6 Å². The summed E-state index contributed by atoms with van der Waals surface area (Å²) in [6, 6.07) is 10.2. The average Bonchev–Trinajstić information content (AvgIpc) is 2.66. The summed E-state index contributed by atoms with van der Waals surface area (Å²) >= 11 is 0. The molecule has 0 fully saturated rings. The van der Waals surface area contributed by atoms with Gasteiger partial charge < -0.3 is 9.64 Å². The Hall–Kier alpha value is -2.89. The van der Waals surface area contributed by atoms with Crippen molar-refractivity contribution in [3.63, 3.8) is 0 Å². The maximum Gasteiger partial charge on any atom is 0.259 e. The lowest BCUT2D eigenvalue weighted by atomic mass is 10.0. The van der Waals surface area contributed by atoms with Crippen LogP contribution < -0.4 is 14.5 Å². The summed E-state index contributed by atoms with van der Waals surface area (Å²) in [5.74, 6) is -0.425. The molecule has 0 bridgehead atoms. The molecular formula is C20H21FN2O3. The maximum atomic E-state index is 14.0. The zero-order valence-corrected chi connectivity index (χ0v) is 15.0. The zero-order chi connectivity index (χ0) is 18.8. The topological polar surface area (TPSA) is 49.9 Å². The fraction of sp³-hybridized carbons (Fsp3) is 0.300. The summed E-state index contributed by atoms with van der Waals surface area (Å²) in [6.45, 7) is 4.15. The summed E-state index contributed by atoms with van der Waals surface area (Å²) in [5, 5.41) is 0. The largest absolute Gasteiger partial charge is 0.497 e. The summed E-state index contributed by atoms with van der Waals surface area (Å²) in [7, 11) is 1.52. The quantitative estimate of drug-likeness (QED) is 0.841. The highest BCUT2D eigenvalue weighted by molar-refractivity contribution is 6.17. The third-order valence-corrected chi connectivity index (χ3v) is 4.59. The molecule has 0 unspecified atom stereocenters. The highest BCUT2D eigenvalue weighted by atomic mass is 19.1. The second kappa shape index (κ2) is 7.15. The second-order valence-electron chi connectivity index (χ2n) is 6.05. The number of anilines is 2. The van der Waals surface area contributed by atoms with Crippen LogP contribution in [0.2, 0.25) is 0 Å². The molecule has 2 aromatic rings. The molecule has 1 aliphatic heterocycles. The molecule has 0 spiro atoms. The number of rotatable bonds is 4. The number of hydrogen-bond donors (Lipinski definition) is 0. The number of hydrogen-bond acceptors (Lipinski definition) is 3. The Morgan fingerprint density at radius 2 is 1.92 bits per heavy atom. The molecule has 136 valence electrons. The first-order valence-corrected chi connectivity index (χ1v) is 8.60. The van der Waals surface area contributed by atoms with Crippen molar-refractivity contribution < 1.29 is 18.7 Å². The van der Waals surface area contributed by atoms with Crippen molar-refractivity contribution in [3.8, 4) is 5.75 Å².